The number of H-pyrrole nitrogens is 1. The van der Waals surface area contributed by atoms with Gasteiger partial charge in [-0.1, -0.05) is 5.21 Å². The maximum atomic E-state index is 12.6. The molecule has 5 aromatic heterocycles. The number of aromatic nitrogens is 7. The summed E-state index contributed by atoms with van der Waals surface area (Å²) in [5, 5.41) is 18.9. The van der Waals surface area contributed by atoms with Crippen molar-refractivity contribution in [3.8, 4) is 22.0 Å². The van der Waals surface area contributed by atoms with E-state index in [-0.39, 0.29) is 11.8 Å². The number of nitrogens with zero attached hydrogens (tertiary/aromatic N) is 6. The predicted molar refractivity (Wildman–Crippen MR) is 111 cm³/mol. The number of pyridine rings is 1. The largest absolute Gasteiger partial charge is 0.414 e. The van der Waals surface area contributed by atoms with Gasteiger partial charge in [0.05, 0.1) is 23.3 Å². The van der Waals surface area contributed by atoms with Crippen molar-refractivity contribution in [1.82, 2.24) is 35.2 Å². The van der Waals surface area contributed by atoms with Gasteiger partial charge in [0.15, 0.2) is 0 Å². The van der Waals surface area contributed by atoms with Gasteiger partial charge in [-0.25, -0.2) is 9.67 Å². The van der Waals surface area contributed by atoms with Crippen molar-refractivity contribution in [3.05, 3.63) is 47.6 Å². The minimum Gasteiger partial charge on any atom is -0.414 e. The first-order valence-corrected chi connectivity index (χ1v) is 10.1. The van der Waals surface area contributed by atoms with Gasteiger partial charge in [0.2, 0.25) is 5.91 Å². The molecule has 5 heterocycles. The van der Waals surface area contributed by atoms with Crippen molar-refractivity contribution in [3.63, 3.8) is 0 Å². The second-order valence-corrected chi connectivity index (χ2v) is 7.99. The number of rotatable bonds is 6. The van der Waals surface area contributed by atoms with E-state index >= 15 is 0 Å². The Labute approximate surface area is 182 Å². The van der Waals surface area contributed by atoms with Gasteiger partial charge in [0, 0.05) is 35.1 Å². The predicted octanol–water partition coefficient (Wildman–Crippen LogP) is 3.88. The molecule has 0 atom stereocenters. The molecule has 0 radical (unpaired) electrons. The van der Waals surface area contributed by atoms with E-state index < -0.39 is 12.3 Å². The zero-order valence-corrected chi connectivity index (χ0v) is 17.2. The van der Waals surface area contributed by atoms with Crippen LogP contribution in [0.15, 0.2) is 41.2 Å². The highest BCUT2D eigenvalue weighted by Crippen LogP contribution is 2.30. The van der Waals surface area contributed by atoms with Crippen LogP contribution in [0.2, 0.25) is 0 Å². The van der Waals surface area contributed by atoms with Crippen molar-refractivity contribution >= 4 is 34.0 Å². The molecule has 0 aliphatic rings. The molecule has 10 nitrogen and oxygen atoms in total. The zero-order chi connectivity index (χ0) is 22.2. The van der Waals surface area contributed by atoms with Gasteiger partial charge < -0.3 is 14.7 Å². The van der Waals surface area contributed by atoms with Crippen LogP contribution in [0.3, 0.4) is 0 Å². The average molecular weight is 456 g/mol. The Morgan fingerprint density at radius 2 is 2.19 bits per heavy atom. The molecule has 0 unspecified atom stereocenters. The smallest absolute Gasteiger partial charge is 0.314 e. The van der Waals surface area contributed by atoms with E-state index in [4.69, 9.17) is 4.42 Å². The van der Waals surface area contributed by atoms with Crippen LogP contribution in [0.4, 0.5) is 14.5 Å². The van der Waals surface area contributed by atoms with E-state index in [1.54, 1.807) is 29.3 Å². The van der Waals surface area contributed by atoms with Crippen LogP contribution in [0, 0.1) is 0 Å². The van der Waals surface area contributed by atoms with Crippen LogP contribution < -0.4 is 5.32 Å². The summed E-state index contributed by atoms with van der Waals surface area (Å²) in [4.78, 5) is 20.3. The number of amides is 1. The number of carbonyl (C=O) groups is 1. The summed E-state index contributed by atoms with van der Waals surface area (Å²) < 4.78 is 31.9. The number of aromatic amines is 1. The van der Waals surface area contributed by atoms with E-state index in [9.17, 15) is 13.6 Å². The fourth-order valence-electron chi connectivity index (χ4n) is 3.10. The van der Waals surface area contributed by atoms with Gasteiger partial charge in [0.25, 0.3) is 11.8 Å². The summed E-state index contributed by atoms with van der Waals surface area (Å²) >= 11 is 1.34. The first-order valence-electron chi connectivity index (χ1n) is 9.32. The molecular weight excluding hydrogens is 442 g/mol. The molecule has 0 fully saturated rings. The molecule has 162 valence electrons. The lowest BCUT2D eigenvalue weighted by molar-refractivity contribution is -0.114. The van der Waals surface area contributed by atoms with Crippen LogP contribution in [-0.2, 0) is 11.3 Å². The third kappa shape index (κ3) is 3.85. The van der Waals surface area contributed by atoms with Gasteiger partial charge in [-0.3, -0.25) is 4.79 Å². The number of anilines is 1. The Kier molecular flexibility index (Phi) is 4.93. The fourth-order valence-corrected chi connectivity index (χ4v) is 4.03. The lowest BCUT2D eigenvalue weighted by Gasteiger charge is -2.00. The van der Waals surface area contributed by atoms with Gasteiger partial charge >= 0.3 is 6.43 Å². The number of hydrogen-bond acceptors (Lipinski definition) is 8. The lowest BCUT2D eigenvalue weighted by atomic mass is 10.2. The van der Waals surface area contributed by atoms with Crippen molar-refractivity contribution in [2.24, 2.45) is 0 Å². The van der Waals surface area contributed by atoms with Crippen LogP contribution in [0.1, 0.15) is 24.1 Å². The third-order valence-corrected chi connectivity index (χ3v) is 5.55. The van der Waals surface area contributed by atoms with E-state index in [1.165, 1.54) is 18.3 Å². The highest BCUT2D eigenvalue weighted by atomic mass is 32.1. The maximum Gasteiger partial charge on any atom is 0.314 e. The molecule has 5 rings (SSSR count). The number of fused-ring (bicyclic) bond motifs is 1. The Balaban J connectivity index is 1.35. The number of carbonyl (C=O) groups excluding carboxylic acids is 1. The van der Waals surface area contributed by atoms with Gasteiger partial charge in [-0.2, -0.15) is 8.78 Å². The van der Waals surface area contributed by atoms with E-state index in [1.807, 2.05) is 12.1 Å². The molecule has 0 aliphatic heterocycles. The van der Waals surface area contributed by atoms with Crippen molar-refractivity contribution in [1.29, 1.82) is 0 Å². The van der Waals surface area contributed by atoms with Crippen LogP contribution in [-0.4, -0.2) is 41.1 Å². The highest BCUT2D eigenvalue weighted by molar-refractivity contribution is 7.15. The minimum atomic E-state index is -2.81. The number of hydrogen-bond donors (Lipinski definition) is 2. The summed E-state index contributed by atoms with van der Waals surface area (Å²) in [6.45, 7) is 1.86. The molecule has 32 heavy (non-hydrogen) atoms. The Morgan fingerprint density at radius 3 is 2.97 bits per heavy atom. The van der Waals surface area contributed by atoms with Crippen molar-refractivity contribution < 1.29 is 18.0 Å². The second-order valence-electron chi connectivity index (χ2n) is 6.82. The first kappa shape index (κ1) is 19.9. The third-order valence-electron chi connectivity index (χ3n) is 4.49. The average Bonchev–Trinajstić information content (AvgIpc) is 3.55. The molecule has 0 bridgehead atoms. The topological polar surface area (TPSA) is 127 Å². The van der Waals surface area contributed by atoms with Gasteiger partial charge in [-0.05, 0) is 18.2 Å². The van der Waals surface area contributed by atoms with Gasteiger partial charge in [0.1, 0.15) is 11.3 Å². The van der Waals surface area contributed by atoms with E-state index in [0.29, 0.717) is 28.5 Å². The van der Waals surface area contributed by atoms with E-state index in [0.717, 1.165) is 15.8 Å². The van der Waals surface area contributed by atoms with Crippen LogP contribution in [0.25, 0.3) is 33.1 Å². The molecule has 0 saturated heterocycles. The summed E-state index contributed by atoms with van der Waals surface area (Å²) in [6.07, 6.45) is 2.32. The fraction of sp³-hybridized carbons (Fsp3) is 0.158. The zero-order valence-electron chi connectivity index (χ0n) is 16.4. The number of nitrogens with one attached hydrogen (secondary N) is 2. The number of thiophene rings is 1. The Bertz CT molecular complexity index is 1420. The van der Waals surface area contributed by atoms with Gasteiger partial charge in [-0.15, -0.1) is 26.6 Å². The first-order chi connectivity index (χ1) is 15.5. The second kappa shape index (κ2) is 7.92. The molecule has 0 aromatic carbocycles. The molecule has 2 N–H and O–H groups in total. The highest BCUT2D eigenvalue weighted by Gasteiger charge is 2.18. The Morgan fingerprint density at radius 1 is 1.31 bits per heavy atom. The summed E-state index contributed by atoms with van der Waals surface area (Å²) in [6, 6.07) is 5.44. The van der Waals surface area contributed by atoms with Crippen LogP contribution >= 0.6 is 11.3 Å². The number of alkyl halides is 2. The lowest BCUT2D eigenvalue weighted by Crippen LogP contribution is -2.04. The summed E-state index contributed by atoms with van der Waals surface area (Å²) in [7, 11) is 0. The van der Waals surface area contributed by atoms with Crippen molar-refractivity contribution in [2.45, 2.75) is 19.9 Å². The molecule has 1 amide bonds. The SMILES string of the molecule is CC(=O)Nc1c[nH]c2ncc(-c3cn(Cc4ccc(-c5nnc(C(F)F)o5)s4)nn3)cc12. The summed E-state index contributed by atoms with van der Waals surface area (Å²) in [5.41, 5.74) is 2.64. The van der Waals surface area contributed by atoms with E-state index in [2.05, 4.69) is 35.8 Å². The molecule has 0 spiro atoms. The van der Waals surface area contributed by atoms with Crippen molar-refractivity contribution in [2.75, 3.05) is 5.32 Å². The normalized spacial score (nSPS) is 11.5. The van der Waals surface area contributed by atoms with Crippen LogP contribution in [0.5, 0.6) is 0 Å². The molecular formula is C19H14F2N8O2S. The quantitative estimate of drug-likeness (QED) is 0.397. The maximum absolute atomic E-state index is 12.6. The Hall–Kier alpha value is -4.00. The molecule has 13 heteroatoms. The molecule has 5 aromatic rings. The monoisotopic (exact) mass is 456 g/mol. The standard InChI is InChI=1S/C19H14F2N8O2S/c1-9(30)24-13-6-23-17-12(13)4-10(5-22-17)14-8-29(28-25-14)7-11-2-3-15(32-11)18-26-27-19(31-18)16(20)21/h2-6,8,16H,7H2,1H3,(H,22,23)(H,24,30). The minimum absolute atomic E-state index is 0.0525. The molecule has 0 saturated carbocycles. The number of halogens is 2. The summed E-state index contributed by atoms with van der Waals surface area (Å²) in [5.74, 6) is -0.828. The molecule has 0 aliphatic carbocycles.